The Hall–Kier alpha value is -3.79. The summed E-state index contributed by atoms with van der Waals surface area (Å²) in [6, 6.07) is 29.3. The Balaban J connectivity index is 0.000000319. The van der Waals surface area contributed by atoms with Crippen molar-refractivity contribution >= 4 is 49.4 Å². The van der Waals surface area contributed by atoms with Crippen molar-refractivity contribution in [3.8, 4) is 11.3 Å². The number of fused-ring (bicyclic) bond motifs is 6. The SMILES string of the molecule is CC(C)(C)C(=O)/C=C(\O)C(C)(C)C.CC(C)c1cccc2c1oc1c3ccccc3nc(-c3[c-]c4ccccc4c(C(C)(C)C)c3)c21.[Ir]. The number of para-hydroxylation sites is 2. The molecule has 5 heteroatoms. The third kappa shape index (κ3) is 7.43. The monoisotopic (exact) mass is 819 g/mol. The topological polar surface area (TPSA) is 63.3 Å². The third-order valence-electron chi connectivity index (χ3n) is 8.60. The number of hydrogen-bond donors (Lipinski definition) is 1. The molecule has 0 aliphatic heterocycles. The minimum atomic E-state index is -0.417. The van der Waals surface area contributed by atoms with Crippen LogP contribution in [0, 0.1) is 16.9 Å². The first-order valence-electron chi connectivity index (χ1n) is 16.5. The summed E-state index contributed by atoms with van der Waals surface area (Å²) >= 11 is 0. The molecule has 1 radical (unpaired) electrons. The molecule has 0 amide bonds. The van der Waals surface area contributed by atoms with Crippen LogP contribution in [0.2, 0.25) is 0 Å². The molecule has 0 bridgehead atoms. The fourth-order valence-electron chi connectivity index (χ4n) is 5.69. The number of aliphatic hydroxyl groups is 1. The molecule has 48 heavy (non-hydrogen) atoms. The molecular weight excluding hydrogens is 771 g/mol. The summed E-state index contributed by atoms with van der Waals surface area (Å²) in [4.78, 5) is 16.7. The maximum atomic E-state index is 11.5. The Morgan fingerprint density at radius 1 is 0.792 bits per heavy atom. The fourth-order valence-corrected chi connectivity index (χ4v) is 5.69. The average Bonchev–Trinajstić information content (AvgIpc) is 3.39. The summed E-state index contributed by atoms with van der Waals surface area (Å²) in [7, 11) is 0. The molecule has 1 N–H and O–H groups in total. The molecule has 253 valence electrons. The number of carbonyl (C=O) groups excluding carboxylic acids is 1. The van der Waals surface area contributed by atoms with E-state index in [0.29, 0.717) is 5.92 Å². The van der Waals surface area contributed by atoms with Crippen molar-refractivity contribution in [1.29, 1.82) is 0 Å². The van der Waals surface area contributed by atoms with Gasteiger partial charge >= 0.3 is 0 Å². The Kier molecular flexibility index (Phi) is 10.5. The van der Waals surface area contributed by atoms with E-state index in [1.54, 1.807) is 0 Å². The number of ketones is 1. The van der Waals surface area contributed by atoms with Gasteiger partial charge < -0.3 is 9.52 Å². The van der Waals surface area contributed by atoms with Gasteiger partial charge in [0, 0.05) is 58.9 Å². The Bertz CT molecular complexity index is 2150. The van der Waals surface area contributed by atoms with E-state index >= 15 is 0 Å². The molecule has 6 aromatic rings. The molecule has 0 unspecified atom stereocenters. The van der Waals surface area contributed by atoms with Crippen LogP contribution in [-0.2, 0) is 30.3 Å². The van der Waals surface area contributed by atoms with E-state index in [4.69, 9.17) is 9.40 Å². The predicted octanol–water partition coefficient (Wildman–Crippen LogP) is 12.3. The van der Waals surface area contributed by atoms with Crippen LogP contribution < -0.4 is 0 Å². The van der Waals surface area contributed by atoms with Crippen LogP contribution in [0.25, 0.3) is 54.9 Å². The number of hydrogen-bond acceptors (Lipinski definition) is 4. The van der Waals surface area contributed by atoms with E-state index in [1.165, 1.54) is 22.6 Å². The molecule has 0 aliphatic rings. The number of allylic oxidation sites excluding steroid dienone is 2. The number of carbonyl (C=O) groups is 1. The molecule has 0 aliphatic carbocycles. The van der Waals surface area contributed by atoms with Crippen LogP contribution in [0.1, 0.15) is 93.2 Å². The van der Waals surface area contributed by atoms with Gasteiger partial charge in [0.1, 0.15) is 16.9 Å². The summed E-state index contributed by atoms with van der Waals surface area (Å²) in [6.45, 7) is 22.3. The Morgan fingerprint density at radius 3 is 2.00 bits per heavy atom. The predicted molar refractivity (Wildman–Crippen MR) is 198 cm³/mol. The van der Waals surface area contributed by atoms with Crippen molar-refractivity contribution < 1.29 is 34.4 Å². The van der Waals surface area contributed by atoms with Gasteiger partial charge in [-0.2, -0.15) is 0 Å². The standard InChI is InChI=1S/C32H28NO.C11H20O2.Ir/c1-19(2)22-14-10-15-25-28-29(33-27-16-9-8-13-24(27)31(28)34-30(22)25)21-17-20-11-6-7-12-23(20)26(18-21)32(3,4)5;1-10(2,3)8(12)7-9(13)11(4,5)6;/h6-16,18-19H,1-5H3;7,12H,1-6H3;/q-1;;/b;8-7-;. The molecule has 0 fully saturated rings. The number of rotatable bonds is 3. The van der Waals surface area contributed by atoms with Crippen molar-refractivity contribution in [3.63, 3.8) is 0 Å². The molecule has 6 rings (SSSR count). The van der Waals surface area contributed by atoms with Crippen molar-refractivity contribution in [1.82, 2.24) is 4.98 Å². The Morgan fingerprint density at radius 2 is 1.40 bits per heavy atom. The molecular formula is C43H48IrNO3-. The van der Waals surface area contributed by atoms with E-state index in [-0.39, 0.29) is 42.5 Å². The number of nitrogens with zero attached hydrogens (tertiary/aromatic N) is 1. The van der Waals surface area contributed by atoms with E-state index in [2.05, 4.69) is 107 Å². The zero-order valence-electron chi connectivity index (χ0n) is 30.1. The van der Waals surface area contributed by atoms with E-state index in [1.807, 2.05) is 47.6 Å². The summed E-state index contributed by atoms with van der Waals surface area (Å²) < 4.78 is 6.65. The second-order valence-electron chi connectivity index (χ2n) is 15.9. The van der Waals surface area contributed by atoms with Gasteiger partial charge in [0.05, 0.1) is 5.52 Å². The summed E-state index contributed by atoms with van der Waals surface area (Å²) in [6.07, 6.45) is 1.33. The average molecular weight is 819 g/mol. The second-order valence-corrected chi connectivity index (χ2v) is 15.9. The summed E-state index contributed by atoms with van der Waals surface area (Å²) in [5, 5.41) is 15.2. The van der Waals surface area contributed by atoms with Gasteiger partial charge in [-0.3, -0.25) is 9.78 Å². The quantitative estimate of drug-likeness (QED) is 0.110. The van der Waals surface area contributed by atoms with E-state index < -0.39 is 5.41 Å². The van der Waals surface area contributed by atoms with Crippen molar-refractivity contribution in [2.45, 2.75) is 87.5 Å². The molecule has 4 aromatic carbocycles. The number of furan rings is 1. The van der Waals surface area contributed by atoms with Crippen LogP contribution >= 0.6 is 0 Å². The molecule has 2 heterocycles. The van der Waals surface area contributed by atoms with Gasteiger partial charge in [-0.1, -0.05) is 136 Å². The van der Waals surface area contributed by atoms with Gasteiger partial charge in [-0.25, -0.2) is 0 Å². The van der Waals surface area contributed by atoms with Gasteiger partial charge in [0.15, 0.2) is 5.78 Å². The number of pyridine rings is 1. The maximum absolute atomic E-state index is 11.5. The Labute approximate surface area is 299 Å². The molecule has 0 spiro atoms. The fraction of sp³-hybridized carbons (Fsp3) is 0.349. The van der Waals surface area contributed by atoms with Crippen LogP contribution in [0.3, 0.4) is 0 Å². The summed E-state index contributed by atoms with van der Waals surface area (Å²) in [5.74, 6) is 0.471. The van der Waals surface area contributed by atoms with Crippen molar-refractivity contribution in [3.05, 3.63) is 102 Å². The van der Waals surface area contributed by atoms with E-state index in [9.17, 15) is 9.90 Å². The summed E-state index contributed by atoms with van der Waals surface area (Å²) in [5.41, 5.74) is 6.50. The molecule has 0 saturated heterocycles. The molecule has 0 atom stereocenters. The first-order valence-corrected chi connectivity index (χ1v) is 16.5. The maximum Gasteiger partial charge on any atom is 0.164 e. The van der Waals surface area contributed by atoms with Crippen molar-refractivity contribution in [2.24, 2.45) is 10.8 Å². The second kappa shape index (κ2) is 13.6. The molecule has 2 aromatic heterocycles. The number of aliphatic hydroxyl groups excluding tert-OH is 1. The minimum absolute atomic E-state index is 0. The largest absolute Gasteiger partial charge is 0.512 e. The van der Waals surface area contributed by atoms with Crippen LogP contribution in [-0.4, -0.2) is 15.9 Å². The number of aromatic nitrogens is 1. The molecule has 0 saturated carbocycles. The van der Waals surface area contributed by atoms with Crippen LogP contribution in [0.15, 0.2) is 89.0 Å². The smallest absolute Gasteiger partial charge is 0.164 e. The number of benzene rings is 4. The third-order valence-corrected chi connectivity index (χ3v) is 8.60. The van der Waals surface area contributed by atoms with Gasteiger partial charge in [0.2, 0.25) is 0 Å². The van der Waals surface area contributed by atoms with Crippen LogP contribution in [0.4, 0.5) is 0 Å². The normalized spacial score (nSPS) is 12.8. The van der Waals surface area contributed by atoms with Crippen molar-refractivity contribution in [2.75, 3.05) is 0 Å². The zero-order valence-corrected chi connectivity index (χ0v) is 32.5. The first kappa shape index (κ1) is 37.0. The van der Waals surface area contributed by atoms with Gasteiger partial charge in [0.25, 0.3) is 0 Å². The zero-order chi connectivity index (χ0) is 34.5. The van der Waals surface area contributed by atoms with Gasteiger partial charge in [-0.05, 0) is 29.0 Å². The van der Waals surface area contributed by atoms with Gasteiger partial charge in [-0.15, -0.1) is 29.1 Å². The first-order chi connectivity index (χ1) is 21.9. The molecule has 4 nitrogen and oxygen atoms in total. The van der Waals surface area contributed by atoms with E-state index in [0.717, 1.165) is 49.5 Å². The van der Waals surface area contributed by atoms with Crippen LogP contribution in [0.5, 0.6) is 0 Å². The minimum Gasteiger partial charge on any atom is -0.512 e.